The number of nitrogens with zero attached hydrogens (tertiary/aromatic N) is 2. The van der Waals surface area contributed by atoms with Crippen molar-refractivity contribution in [2.75, 3.05) is 18.5 Å². The van der Waals surface area contributed by atoms with Crippen LogP contribution in [0.5, 0.6) is 0 Å². The highest BCUT2D eigenvalue weighted by molar-refractivity contribution is 5.88. The number of aromatic nitrogens is 2. The van der Waals surface area contributed by atoms with Gasteiger partial charge in [-0.3, -0.25) is 4.79 Å². The summed E-state index contributed by atoms with van der Waals surface area (Å²) in [6, 6.07) is 14.4. The van der Waals surface area contributed by atoms with E-state index in [9.17, 15) is 4.79 Å². The molecule has 0 saturated carbocycles. The molecule has 1 aliphatic rings. The fourth-order valence-electron chi connectivity index (χ4n) is 3.62. The molecule has 1 amide bonds. The first-order chi connectivity index (χ1) is 13.1. The summed E-state index contributed by atoms with van der Waals surface area (Å²) in [4.78, 5) is 15.9. The molecule has 6 heteroatoms. The molecule has 1 aromatic heterocycles. The summed E-state index contributed by atoms with van der Waals surface area (Å²) in [5.74, 6) is 0.939. The second-order valence-corrected chi connectivity index (χ2v) is 7.02. The zero-order valence-corrected chi connectivity index (χ0v) is 15.7. The van der Waals surface area contributed by atoms with Crippen LogP contribution in [-0.4, -0.2) is 28.6 Å². The zero-order chi connectivity index (χ0) is 18.8. The van der Waals surface area contributed by atoms with Gasteiger partial charge in [-0.15, -0.1) is 0 Å². The molecule has 27 heavy (non-hydrogen) atoms. The number of fused-ring (bicyclic) bond motifs is 3. The van der Waals surface area contributed by atoms with Gasteiger partial charge in [0.2, 0.25) is 5.91 Å². The Morgan fingerprint density at radius 3 is 2.85 bits per heavy atom. The topological polar surface area (TPSA) is 68.2 Å². The van der Waals surface area contributed by atoms with E-state index < -0.39 is 0 Å². The van der Waals surface area contributed by atoms with Gasteiger partial charge in [-0.05, 0) is 36.2 Å². The van der Waals surface area contributed by atoms with E-state index >= 15 is 0 Å². The van der Waals surface area contributed by atoms with Crippen LogP contribution < -0.4 is 10.6 Å². The van der Waals surface area contributed by atoms with Crippen LogP contribution in [0.3, 0.4) is 0 Å². The van der Waals surface area contributed by atoms with Gasteiger partial charge in [0.05, 0.1) is 23.7 Å². The summed E-state index contributed by atoms with van der Waals surface area (Å²) in [7, 11) is 0. The van der Waals surface area contributed by atoms with Crippen LogP contribution in [0.25, 0.3) is 11.0 Å². The number of carbonyl (C=O) groups is 1. The summed E-state index contributed by atoms with van der Waals surface area (Å²) in [6.07, 6.45) is 0. The van der Waals surface area contributed by atoms with Crippen LogP contribution in [0.15, 0.2) is 42.5 Å². The van der Waals surface area contributed by atoms with E-state index in [0.717, 1.165) is 30.1 Å². The normalized spacial score (nSPS) is 16.3. The number of benzene rings is 2. The summed E-state index contributed by atoms with van der Waals surface area (Å²) in [6.45, 7) is 6.42. The first-order valence-corrected chi connectivity index (χ1v) is 9.23. The molecular formula is C21H24N4O2. The first-order valence-electron chi connectivity index (χ1n) is 9.23. The van der Waals surface area contributed by atoms with Gasteiger partial charge in [0.25, 0.3) is 0 Å². The lowest BCUT2D eigenvalue weighted by molar-refractivity contribution is -0.114. The SMILES string of the molecule is CC(=O)Nc1ccc(CNCC2COCc3nc4c(C)cccc4n32)cc1. The summed E-state index contributed by atoms with van der Waals surface area (Å²) in [5, 5.41) is 6.31. The monoisotopic (exact) mass is 364 g/mol. The minimum atomic E-state index is -0.0585. The average molecular weight is 364 g/mol. The van der Waals surface area contributed by atoms with E-state index in [4.69, 9.17) is 9.72 Å². The second kappa shape index (κ2) is 7.50. The van der Waals surface area contributed by atoms with Gasteiger partial charge in [-0.25, -0.2) is 4.98 Å². The molecular weight excluding hydrogens is 340 g/mol. The van der Waals surface area contributed by atoms with Gasteiger partial charge in [0.1, 0.15) is 12.4 Å². The molecule has 0 saturated heterocycles. The van der Waals surface area contributed by atoms with Crippen molar-refractivity contribution in [2.45, 2.75) is 33.0 Å². The van der Waals surface area contributed by atoms with Crippen molar-refractivity contribution in [3.8, 4) is 0 Å². The average Bonchev–Trinajstić information content (AvgIpc) is 3.04. The Morgan fingerprint density at radius 1 is 1.26 bits per heavy atom. The zero-order valence-electron chi connectivity index (χ0n) is 15.7. The predicted molar refractivity (Wildman–Crippen MR) is 106 cm³/mol. The molecule has 2 aromatic carbocycles. The maximum Gasteiger partial charge on any atom is 0.221 e. The molecule has 0 radical (unpaired) electrons. The molecule has 1 unspecified atom stereocenters. The van der Waals surface area contributed by atoms with Crippen molar-refractivity contribution in [2.24, 2.45) is 0 Å². The number of nitrogens with one attached hydrogen (secondary N) is 2. The van der Waals surface area contributed by atoms with Gasteiger partial charge in [-0.2, -0.15) is 0 Å². The molecule has 6 nitrogen and oxygen atoms in total. The number of carbonyl (C=O) groups excluding carboxylic acids is 1. The highest BCUT2D eigenvalue weighted by Crippen LogP contribution is 2.27. The molecule has 2 heterocycles. The molecule has 0 aliphatic carbocycles. The Morgan fingerprint density at radius 2 is 2.07 bits per heavy atom. The number of para-hydroxylation sites is 1. The number of imidazole rings is 1. The fourth-order valence-corrected chi connectivity index (χ4v) is 3.62. The van der Waals surface area contributed by atoms with Gasteiger partial charge in [0, 0.05) is 25.7 Å². The van der Waals surface area contributed by atoms with Crippen LogP contribution in [0.2, 0.25) is 0 Å². The number of ether oxygens (including phenoxy) is 1. The lowest BCUT2D eigenvalue weighted by atomic mass is 10.2. The summed E-state index contributed by atoms with van der Waals surface area (Å²) in [5.41, 5.74) is 5.43. The van der Waals surface area contributed by atoms with Crippen molar-refractivity contribution >= 4 is 22.6 Å². The van der Waals surface area contributed by atoms with Crippen LogP contribution in [0, 0.1) is 6.92 Å². The first kappa shape index (κ1) is 17.7. The molecule has 0 fully saturated rings. The largest absolute Gasteiger partial charge is 0.371 e. The minimum Gasteiger partial charge on any atom is -0.371 e. The Labute approximate surface area is 158 Å². The Bertz CT molecular complexity index is 962. The Hall–Kier alpha value is -2.70. The molecule has 1 aliphatic heterocycles. The second-order valence-electron chi connectivity index (χ2n) is 7.02. The molecule has 140 valence electrons. The van der Waals surface area contributed by atoms with E-state index in [0.29, 0.717) is 13.2 Å². The molecule has 2 N–H and O–H groups in total. The van der Waals surface area contributed by atoms with Crippen LogP contribution >= 0.6 is 0 Å². The quantitative estimate of drug-likeness (QED) is 0.730. The number of anilines is 1. The third-order valence-electron chi connectivity index (χ3n) is 4.88. The van der Waals surface area contributed by atoms with Crippen molar-refractivity contribution < 1.29 is 9.53 Å². The standard InChI is InChI=1S/C21H24N4O2/c1-14-4-3-5-19-21(14)24-20-13-27-12-18(25(19)20)11-22-10-16-6-8-17(9-7-16)23-15(2)26/h3-9,18,22H,10-13H2,1-2H3,(H,23,26). The highest BCUT2D eigenvalue weighted by atomic mass is 16.5. The molecule has 0 spiro atoms. The highest BCUT2D eigenvalue weighted by Gasteiger charge is 2.24. The van der Waals surface area contributed by atoms with Gasteiger partial charge in [0.15, 0.2) is 0 Å². The third-order valence-corrected chi connectivity index (χ3v) is 4.88. The van der Waals surface area contributed by atoms with Crippen molar-refractivity contribution in [3.05, 3.63) is 59.4 Å². The molecule has 4 rings (SSSR count). The summed E-state index contributed by atoms with van der Waals surface area (Å²) >= 11 is 0. The van der Waals surface area contributed by atoms with E-state index in [-0.39, 0.29) is 11.9 Å². The van der Waals surface area contributed by atoms with E-state index in [1.54, 1.807) is 0 Å². The van der Waals surface area contributed by atoms with Crippen LogP contribution in [0.1, 0.15) is 29.9 Å². The van der Waals surface area contributed by atoms with Crippen LogP contribution in [0.4, 0.5) is 5.69 Å². The number of hydrogen-bond acceptors (Lipinski definition) is 4. The Kier molecular flexibility index (Phi) is 4.92. The molecule has 0 bridgehead atoms. The molecule has 3 aromatic rings. The fraction of sp³-hybridized carbons (Fsp3) is 0.333. The van der Waals surface area contributed by atoms with Gasteiger partial charge >= 0.3 is 0 Å². The number of rotatable bonds is 5. The van der Waals surface area contributed by atoms with E-state index in [2.05, 4.69) is 40.3 Å². The van der Waals surface area contributed by atoms with Crippen molar-refractivity contribution in [1.29, 1.82) is 0 Å². The minimum absolute atomic E-state index is 0.0585. The molecule has 1 atom stereocenters. The van der Waals surface area contributed by atoms with E-state index in [1.165, 1.54) is 23.6 Å². The summed E-state index contributed by atoms with van der Waals surface area (Å²) < 4.78 is 8.09. The predicted octanol–water partition coefficient (Wildman–Crippen LogP) is 3.16. The maximum atomic E-state index is 11.1. The smallest absolute Gasteiger partial charge is 0.221 e. The number of amides is 1. The Balaban J connectivity index is 1.43. The van der Waals surface area contributed by atoms with Gasteiger partial charge in [-0.1, -0.05) is 24.3 Å². The van der Waals surface area contributed by atoms with Crippen LogP contribution in [-0.2, 0) is 22.7 Å². The third kappa shape index (κ3) is 3.72. The lowest BCUT2D eigenvalue weighted by Gasteiger charge is -2.26. The van der Waals surface area contributed by atoms with Crippen molar-refractivity contribution in [3.63, 3.8) is 0 Å². The lowest BCUT2D eigenvalue weighted by Crippen LogP contribution is -2.32. The number of hydrogen-bond donors (Lipinski definition) is 2. The van der Waals surface area contributed by atoms with E-state index in [1.807, 2.05) is 24.3 Å². The maximum absolute atomic E-state index is 11.1. The van der Waals surface area contributed by atoms with Gasteiger partial charge < -0.3 is 19.9 Å². The van der Waals surface area contributed by atoms with Crippen molar-refractivity contribution in [1.82, 2.24) is 14.9 Å². The number of aryl methyl sites for hydroxylation is 1.